The van der Waals surface area contributed by atoms with Crippen LogP contribution in [0, 0.1) is 11.3 Å². The van der Waals surface area contributed by atoms with E-state index in [0.29, 0.717) is 51.1 Å². The molecule has 1 fully saturated rings. The molecule has 130 valence electrons. The first-order chi connectivity index (χ1) is 11.6. The predicted octanol–water partition coefficient (Wildman–Crippen LogP) is 2.08. The van der Waals surface area contributed by atoms with Crippen LogP contribution in [0.4, 0.5) is 13.6 Å². The van der Waals surface area contributed by atoms with Gasteiger partial charge >= 0.3 is 6.03 Å². The molecule has 1 aromatic carbocycles. The number of rotatable bonds is 5. The third kappa shape index (κ3) is 5.78. The summed E-state index contributed by atoms with van der Waals surface area (Å²) in [5.74, 6) is 0. The average molecular weight is 336 g/mol. The van der Waals surface area contributed by atoms with Gasteiger partial charge in [0, 0.05) is 32.7 Å². The largest absolute Gasteiger partial charge is 0.338 e. The Morgan fingerprint density at radius 3 is 2.88 bits per heavy atom. The summed E-state index contributed by atoms with van der Waals surface area (Å²) < 4.78 is 24.9. The first-order valence-corrected chi connectivity index (χ1v) is 8.11. The highest BCUT2D eigenvalue weighted by atomic mass is 19.3. The maximum atomic E-state index is 12.4. The summed E-state index contributed by atoms with van der Waals surface area (Å²) in [4.78, 5) is 15.6. The number of carbonyl (C=O) groups is 1. The van der Waals surface area contributed by atoms with Crippen LogP contribution in [-0.2, 0) is 6.42 Å². The molecular formula is C17H22F2N4O. The van der Waals surface area contributed by atoms with Gasteiger partial charge in [0.25, 0.3) is 6.43 Å². The second kappa shape index (κ2) is 9.18. The van der Waals surface area contributed by atoms with Gasteiger partial charge in [0.15, 0.2) is 0 Å². The van der Waals surface area contributed by atoms with E-state index in [2.05, 4.69) is 11.4 Å². The quantitative estimate of drug-likeness (QED) is 0.896. The number of nitrogens with one attached hydrogen (secondary N) is 1. The van der Waals surface area contributed by atoms with Crippen molar-refractivity contribution >= 4 is 6.03 Å². The lowest BCUT2D eigenvalue weighted by molar-refractivity contribution is 0.0904. The molecule has 1 aromatic rings. The third-order valence-corrected chi connectivity index (χ3v) is 4.02. The smallest absolute Gasteiger partial charge is 0.317 e. The highest BCUT2D eigenvalue weighted by molar-refractivity contribution is 5.74. The molecule has 1 aliphatic heterocycles. The van der Waals surface area contributed by atoms with Gasteiger partial charge in [-0.15, -0.1) is 0 Å². The van der Waals surface area contributed by atoms with E-state index in [1.807, 2.05) is 12.1 Å². The fraction of sp³-hybridized carbons (Fsp3) is 0.529. The minimum Gasteiger partial charge on any atom is -0.338 e. The fourth-order valence-corrected chi connectivity index (χ4v) is 2.77. The predicted molar refractivity (Wildman–Crippen MR) is 86.9 cm³/mol. The van der Waals surface area contributed by atoms with Gasteiger partial charge in [-0.2, -0.15) is 5.26 Å². The lowest BCUT2D eigenvalue weighted by Crippen LogP contribution is -2.43. The maximum Gasteiger partial charge on any atom is 0.317 e. The van der Waals surface area contributed by atoms with Crippen LogP contribution in [-0.4, -0.2) is 61.5 Å². The topological polar surface area (TPSA) is 59.4 Å². The van der Waals surface area contributed by atoms with Crippen LogP contribution in [0.15, 0.2) is 24.3 Å². The standard InChI is InChI=1S/C17H22F2N4O/c18-16(19)13-22-7-2-8-23(10-9-22)17(24)21-6-5-14-3-1-4-15(11-14)12-20/h1,3-4,11,16H,2,5-10,13H2,(H,21,24). The van der Waals surface area contributed by atoms with Gasteiger partial charge in [-0.05, 0) is 30.5 Å². The van der Waals surface area contributed by atoms with Crippen molar-refractivity contribution in [1.29, 1.82) is 5.26 Å². The molecule has 1 N–H and O–H groups in total. The number of nitrogens with zero attached hydrogens (tertiary/aromatic N) is 3. The summed E-state index contributed by atoms with van der Waals surface area (Å²) in [6.07, 6.45) is -0.994. The number of carbonyl (C=O) groups excluding carboxylic acids is 1. The number of hydrogen-bond acceptors (Lipinski definition) is 3. The molecule has 0 radical (unpaired) electrons. The van der Waals surface area contributed by atoms with E-state index in [1.54, 1.807) is 21.9 Å². The van der Waals surface area contributed by atoms with Crippen LogP contribution in [0.5, 0.6) is 0 Å². The number of nitriles is 1. The number of halogens is 2. The lowest BCUT2D eigenvalue weighted by atomic mass is 10.1. The van der Waals surface area contributed by atoms with Crippen LogP contribution >= 0.6 is 0 Å². The van der Waals surface area contributed by atoms with Crippen molar-refractivity contribution in [2.75, 3.05) is 39.3 Å². The first-order valence-electron chi connectivity index (χ1n) is 8.11. The van der Waals surface area contributed by atoms with Crippen LogP contribution in [0.3, 0.4) is 0 Å². The van der Waals surface area contributed by atoms with Gasteiger partial charge < -0.3 is 10.2 Å². The van der Waals surface area contributed by atoms with Crippen molar-refractivity contribution in [3.8, 4) is 6.07 Å². The van der Waals surface area contributed by atoms with Crippen LogP contribution in [0.25, 0.3) is 0 Å². The maximum absolute atomic E-state index is 12.4. The van der Waals surface area contributed by atoms with E-state index in [-0.39, 0.29) is 12.6 Å². The van der Waals surface area contributed by atoms with Crippen molar-refractivity contribution < 1.29 is 13.6 Å². The number of alkyl halides is 2. The van der Waals surface area contributed by atoms with E-state index in [9.17, 15) is 13.6 Å². The monoisotopic (exact) mass is 336 g/mol. The van der Waals surface area contributed by atoms with Gasteiger partial charge in [0.05, 0.1) is 18.2 Å². The van der Waals surface area contributed by atoms with E-state index >= 15 is 0 Å². The molecule has 1 heterocycles. The Balaban J connectivity index is 1.75. The first kappa shape index (κ1) is 18.1. The summed E-state index contributed by atoms with van der Waals surface area (Å²) in [5.41, 5.74) is 1.60. The molecular weight excluding hydrogens is 314 g/mol. The number of hydrogen-bond donors (Lipinski definition) is 1. The molecule has 2 amide bonds. The Morgan fingerprint density at radius 1 is 1.29 bits per heavy atom. The number of amides is 2. The fourth-order valence-electron chi connectivity index (χ4n) is 2.77. The molecule has 0 unspecified atom stereocenters. The van der Waals surface area contributed by atoms with Gasteiger partial charge in [0.1, 0.15) is 0 Å². The average Bonchev–Trinajstić information content (AvgIpc) is 2.80. The summed E-state index contributed by atoms with van der Waals surface area (Å²) in [5, 5.41) is 11.7. The summed E-state index contributed by atoms with van der Waals surface area (Å²) in [7, 11) is 0. The Hall–Kier alpha value is -2.20. The van der Waals surface area contributed by atoms with Crippen LogP contribution in [0.2, 0.25) is 0 Å². The second-order valence-electron chi connectivity index (χ2n) is 5.83. The van der Waals surface area contributed by atoms with Gasteiger partial charge in [-0.3, -0.25) is 4.90 Å². The zero-order chi connectivity index (χ0) is 17.4. The van der Waals surface area contributed by atoms with Crippen molar-refractivity contribution in [3.05, 3.63) is 35.4 Å². The minimum atomic E-state index is -2.34. The molecule has 2 rings (SSSR count). The molecule has 0 aromatic heterocycles. The molecule has 7 heteroatoms. The van der Waals surface area contributed by atoms with Gasteiger partial charge in [0.2, 0.25) is 0 Å². The molecule has 24 heavy (non-hydrogen) atoms. The SMILES string of the molecule is N#Cc1cccc(CCNC(=O)N2CCCN(CC(F)F)CC2)c1. The third-order valence-electron chi connectivity index (χ3n) is 4.02. The van der Waals surface area contributed by atoms with Gasteiger partial charge in [-0.25, -0.2) is 13.6 Å². The van der Waals surface area contributed by atoms with Crippen molar-refractivity contribution in [1.82, 2.24) is 15.1 Å². The molecule has 0 bridgehead atoms. The zero-order valence-corrected chi connectivity index (χ0v) is 13.5. The van der Waals surface area contributed by atoms with Crippen molar-refractivity contribution in [3.63, 3.8) is 0 Å². The number of urea groups is 1. The minimum absolute atomic E-state index is 0.162. The Bertz CT molecular complexity index is 588. The molecule has 0 aliphatic carbocycles. The Labute approximate surface area is 140 Å². The highest BCUT2D eigenvalue weighted by Gasteiger charge is 2.20. The normalized spacial score (nSPS) is 15.8. The second-order valence-corrected chi connectivity index (χ2v) is 5.83. The Morgan fingerprint density at radius 2 is 2.12 bits per heavy atom. The van der Waals surface area contributed by atoms with E-state index in [1.165, 1.54) is 0 Å². The molecule has 0 atom stereocenters. The zero-order valence-electron chi connectivity index (χ0n) is 13.5. The summed E-state index contributed by atoms with van der Waals surface area (Å²) in [6, 6.07) is 9.21. The van der Waals surface area contributed by atoms with E-state index in [4.69, 9.17) is 5.26 Å². The summed E-state index contributed by atoms with van der Waals surface area (Å²) in [6.45, 7) is 2.35. The van der Waals surface area contributed by atoms with Crippen LogP contribution in [0.1, 0.15) is 17.5 Å². The van der Waals surface area contributed by atoms with Crippen molar-refractivity contribution in [2.24, 2.45) is 0 Å². The molecule has 1 aliphatic rings. The Kier molecular flexibility index (Phi) is 6.94. The van der Waals surface area contributed by atoms with Crippen molar-refractivity contribution in [2.45, 2.75) is 19.3 Å². The molecule has 0 spiro atoms. The summed E-state index contributed by atoms with van der Waals surface area (Å²) >= 11 is 0. The molecule has 0 saturated carbocycles. The van der Waals surface area contributed by atoms with Gasteiger partial charge in [-0.1, -0.05) is 12.1 Å². The van der Waals surface area contributed by atoms with E-state index < -0.39 is 6.43 Å². The molecule has 5 nitrogen and oxygen atoms in total. The molecule has 1 saturated heterocycles. The highest BCUT2D eigenvalue weighted by Crippen LogP contribution is 2.07. The van der Waals surface area contributed by atoms with Crippen LogP contribution < -0.4 is 5.32 Å². The lowest BCUT2D eigenvalue weighted by Gasteiger charge is -2.22. The number of benzene rings is 1. The van der Waals surface area contributed by atoms with E-state index in [0.717, 1.165) is 5.56 Å².